The maximum atomic E-state index is 10.6. The molecular formula is C8H8NNaOS. The Morgan fingerprint density at radius 2 is 1.83 bits per heavy atom. The molecule has 2 nitrogen and oxygen atoms in total. The normalized spacial score (nSPS) is 8.42. The van der Waals surface area contributed by atoms with Crippen LogP contribution in [0.1, 0.15) is 6.92 Å². The molecule has 0 fully saturated rings. The number of hydrogen-bond donors (Lipinski definition) is 1. The van der Waals surface area contributed by atoms with E-state index in [1.807, 2.05) is 0 Å². The molecule has 0 saturated heterocycles. The van der Waals surface area contributed by atoms with Crippen LogP contribution in [0.25, 0.3) is 0 Å². The zero-order valence-electron chi connectivity index (χ0n) is 7.13. The van der Waals surface area contributed by atoms with E-state index in [0.717, 1.165) is 10.6 Å². The average Bonchev–Trinajstić information content (AvgIpc) is 1.93. The number of amides is 1. The SMILES string of the molecule is CC(=O)Nc1ccc([S-])cc1.[Na+]. The summed E-state index contributed by atoms with van der Waals surface area (Å²) in [5.41, 5.74) is 0.783. The zero-order chi connectivity index (χ0) is 8.27. The average molecular weight is 189 g/mol. The van der Waals surface area contributed by atoms with Gasteiger partial charge < -0.3 is 17.9 Å². The molecule has 1 N–H and O–H groups in total. The number of nitrogens with one attached hydrogen (secondary N) is 1. The van der Waals surface area contributed by atoms with E-state index < -0.39 is 0 Å². The fourth-order valence-electron chi connectivity index (χ4n) is 0.742. The van der Waals surface area contributed by atoms with E-state index in [9.17, 15) is 4.79 Å². The molecule has 0 radical (unpaired) electrons. The summed E-state index contributed by atoms with van der Waals surface area (Å²) in [6.07, 6.45) is 0. The van der Waals surface area contributed by atoms with E-state index in [0.29, 0.717) is 0 Å². The third-order valence-corrected chi connectivity index (χ3v) is 1.45. The Morgan fingerprint density at radius 3 is 2.25 bits per heavy atom. The van der Waals surface area contributed by atoms with Gasteiger partial charge in [0, 0.05) is 12.6 Å². The van der Waals surface area contributed by atoms with Gasteiger partial charge in [0.1, 0.15) is 0 Å². The van der Waals surface area contributed by atoms with Crippen molar-refractivity contribution in [1.82, 2.24) is 0 Å². The molecule has 1 aromatic carbocycles. The molecule has 1 amide bonds. The molecule has 0 aliphatic heterocycles. The second-order valence-corrected chi connectivity index (χ2v) is 2.68. The monoisotopic (exact) mass is 189 g/mol. The van der Waals surface area contributed by atoms with Crippen molar-refractivity contribution in [3.05, 3.63) is 24.3 Å². The summed E-state index contributed by atoms with van der Waals surface area (Å²) in [6.45, 7) is 1.47. The Hall–Kier alpha value is -0.0900. The molecule has 0 atom stereocenters. The van der Waals surface area contributed by atoms with Crippen molar-refractivity contribution >= 4 is 24.2 Å². The Kier molecular flexibility index (Phi) is 5.50. The van der Waals surface area contributed by atoms with Gasteiger partial charge in [0.25, 0.3) is 0 Å². The summed E-state index contributed by atoms with van der Waals surface area (Å²) in [5, 5.41) is 2.65. The second kappa shape index (κ2) is 5.54. The Labute approximate surface area is 99.4 Å². The van der Waals surface area contributed by atoms with Crippen molar-refractivity contribution in [3.63, 3.8) is 0 Å². The predicted octanol–water partition coefficient (Wildman–Crippen LogP) is -1.45. The van der Waals surface area contributed by atoms with Gasteiger partial charge in [0.05, 0.1) is 0 Å². The Morgan fingerprint density at radius 1 is 1.33 bits per heavy atom. The van der Waals surface area contributed by atoms with E-state index in [1.54, 1.807) is 24.3 Å². The van der Waals surface area contributed by atoms with E-state index in [1.165, 1.54) is 6.92 Å². The van der Waals surface area contributed by atoms with Gasteiger partial charge in [-0.05, 0) is 12.1 Å². The van der Waals surface area contributed by atoms with Crippen LogP contribution in [-0.4, -0.2) is 5.91 Å². The maximum absolute atomic E-state index is 10.6. The van der Waals surface area contributed by atoms with Crippen LogP contribution in [0.4, 0.5) is 5.69 Å². The number of carbonyl (C=O) groups excluding carboxylic acids is 1. The van der Waals surface area contributed by atoms with E-state index in [2.05, 4.69) is 5.32 Å². The first kappa shape index (κ1) is 11.9. The van der Waals surface area contributed by atoms with Crippen molar-refractivity contribution in [2.45, 2.75) is 11.8 Å². The quantitative estimate of drug-likeness (QED) is 0.433. The molecule has 0 heterocycles. The first-order valence-corrected chi connectivity index (χ1v) is 3.64. The van der Waals surface area contributed by atoms with Gasteiger partial charge in [-0.3, -0.25) is 4.79 Å². The van der Waals surface area contributed by atoms with Crippen LogP contribution in [0.15, 0.2) is 29.2 Å². The molecule has 0 unspecified atom stereocenters. The minimum Gasteiger partial charge on any atom is -0.780 e. The van der Waals surface area contributed by atoms with Gasteiger partial charge in [0.2, 0.25) is 5.91 Å². The molecule has 0 bridgehead atoms. The molecule has 0 saturated carbocycles. The molecule has 0 aliphatic rings. The Balaban J connectivity index is 0.00000121. The van der Waals surface area contributed by atoms with Gasteiger partial charge in [-0.15, -0.1) is 0 Å². The molecular weight excluding hydrogens is 181 g/mol. The summed E-state index contributed by atoms with van der Waals surface area (Å²) in [6, 6.07) is 7.12. The molecule has 1 rings (SSSR count). The van der Waals surface area contributed by atoms with Gasteiger partial charge >= 0.3 is 29.6 Å². The number of carbonyl (C=O) groups is 1. The van der Waals surface area contributed by atoms with E-state index >= 15 is 0 Å². The van der Waals surface area contributed by atoms with Crippen molar-refractivity contribution in [3.8, 4) is 0 Å². The third-order valence-electron chi connectivity index (χ3n) is 1.17. The van der Waals surface area contributed by atoms with Crippen molar-refractivity contribution < 1.29 is 34.4 Å². The minimum absolute atomic E-state index is 0. The molecule has 4 heteroatoms. The van der Waals surface area contributed by atoms with E-state index in [-0.39, 0.29) is 35.5 Å². The number of rotatable bonds is 1. The number of anilines is 1. The largest absolute Gasteiger partial charge is 1.00 e. The van der Waals surface area contributed by atoms with Crippen molar-refractivity contribution in [2.75, 3.05) is 5.32 Å². The summed E-state index contributed by atoms with van der Waals surface area (Å²) < 4.78 is 0. The van der Waals surface area contributed by atoms with Gasteiger partial charge in [0.15, 0.2) is 0 Å². The smallest absolute Gasteiger partial charge is 0.780 e. The van der Waals surface area contributed by atoms with Crippen LogP contribution in [0.3, 0.4) is 0 Å². The first-order chi connectivity index (χ1) is 5.18. The standard InChI is InChI=1S/C8H9NOS.Na/c1-6(10)9-7-2-4-8(11)5-3-7;/h2-5,11H,1H3,(H,9,10);/q;+1/p-1. The maximum Gasteiger partial charge on any atom is 1.00 e. The number of benzene rings is 1. The minimum atomic E-state index is -0.0675. The summed E-state index contributed by atoms with van der Waals surface area (Å²) in [7, 11) is 0. The van der Waals surface area contributed by atoms with Crippen LogP contribution < -0.4 is 34.9 Å². The van der Waals surface area contributed by atoms with Crippen molar-refractivity contribution in [1.29, 1.82) is 0 Å². The fourth-order valence-corrected chi connectivity index (χ4v) is 0.878. The Bertz CT molecular complexity index is 260. The van der Waals surface area contributed by atoms with E-state index in [4.69, 9.17) is 12.6 Å². The fraction of sp³-hybridized carbons (Fsp3) is 0.125. The first-order valence-electron chi connectivity index (χ1n) is 3.23. The van der Waals surface area contributed by atoms with Gasteiger partial charge in [-0.1, -0.05) is 12.1 Å². The van der Waals surface area contributed by atoms with Crippen LogP contribution in [0.5, 0.6) is 0 Å². The molecule has 1 aromatic rings. The van der Waals surface area contributed by atoms with Gasteiger partial charge in [-0.2, -0.15) is 4.90 Å². The van der Waals surface area contributed by atoms with Crippen LogP contribution in [0, 0.1) is 0 Å². The molecule has 58 valence electrons. The topological polar surface area (TPSA) is 29.1 Å². The summed E-state index contributed by atoms with van der Waals surface area (Å²) in [5.74, 6) is -0.0675. The number of hydrogen-bond acceptors (Lipinski definition) is 2. The van der Waals surface area contributed by atoms with Crippen LogP contribution in [-0.2, 0) is 17.4 Å². The molecule has 0 aromatic heterocycles. The second-order valence-electron chi connectivity index (χ2n) is 2.21. The summed E-state index contributed by atoms with van der Waals surface area (Å²) in [4.78, 5) is 11.3. The van der Waals surface area contributed by atoms with Crippen molar-refractivity contribution in [2.24, 2.45) is 0 Å². The predicted molar refractivity (Wildman–Crippen MR) is 46.4 cm³/mol. The van der Waals surface area contributed by atoms with Crippen LogP contribution >= 0.6 is 0 Å². The molecule has 0 spiro atoms. The zero-order valence-corrected chi connectivity index (χ0v) is 9.94. The third kappa shape index (κ3) is 4.07. The summed E-state index contributed by atoms with van der Waals surface area (Å²) >= 11 is 4.87. The van der Waals surface area contributed by atoms with Crippen LogP contribution in [0.2, 0.25) is 0 Å². The molecule has 12 heavy (non-hydrogen) atoms. The molecule has 0 aliphatic carbocycles. The van der Waals surface area contributed by atoms with Gasteiger partial charge in [-0.25, -0.2) is 0 Å².